The molecule has 0 unspecified atom stereocenters. The van der Waals surface area contributed by atoms with E-state index in [0.29, 0.717) is 12.2 Å². The van der Waals surface area contributed by atoms with E-state index in [9.17, 15) is 13.2 Å². The number of hydrogen-bond acceptors (Lipinski definition) is 4. The molecule has 0 heterocycles. The molecule has 6 heteroatoms. The zero-order chi connectivity index (χ0) is 20.0. The molecule has 1 N–H and O–H groups in total. The summed E-state index contributed by atoms with van der Waals surface area (Å²) >= 11 is 0. The van der Waals surface area contributed by atoms with Gasteiger partial charge in [0.25, 0.3) is 5.91 Å². The van der Waals surface area contributed by atoms with Crippen molar-refractivity contribution < 1.29 is 17.9 Å². The predicted octanol–water partition coefficient (Wildman–Crippen LogP) is 3.69. The van der Waals surface area contributed by atoms with Crippen LogP contribution in [0.15, 0.2) is 53.4 Å². The maximum Gasteiger partial charge on any atom is 0.261 e. The lowest BCUT2D eigenvalue weighted by molar-refractivity contribution is -0.128. The number of sulfone groups is 1. The maximum absolute atomic E-state index is 12.6. The Balaban J connectivity index is 2.02. The first-order valence-electron chi connectivity index (χ1n) is 9.10. The number of hydrogen-bond donors (Lipinski definition) is 1. The number of carbonyl (C=O) groups is 1. The fourth-order valence-electron chi connectivity index (χ4n) is 2.68. The molecule has 0 saturated heterocycles. The Morgan fingerprint density at radius 3 is 2.11 bits per heavy atom. The Hall–Kier alpha value is -2.34. The minimum Gasteiger partial charge on any atom is -0.481 e. The average Bonchev–Trinajstić information content (AvgIpc) is 2.65. The van der Waals surface area contributed by atoms with Crippen LogP contribution in [0, 0.1) is 0 Å². The highest BCUT2D eigenvalue weighted by atomic mass is 32.2. The van der Waals surface area contributed by atoms with Gasteiger partial charge in [-0.1, -0.05) is 38.1 Å². The van der Waals surface area contributed by atoms with Crippen molar-refractivity contribution in [2.75, 3.05) is 6.26 Å². The first kappa shape index (κ1) is 21.0. The second-order valence-electron chi connectivity index (χ2n) is 6.58. The van der Waals surface area contributed by atoms with Crippen LogP contribution in [-0.4, -0.2) is 26.7 Å². The van der Waals surface area contributed by atoms with Crippen molar-refractivity contribution in [1.29, 1.82) is 0 Å². The van der Waals surface area contributed by atoms with Crippen LogP contribution in [-0.2, 0) is 21.1 Å². The summed E-state index contributed by atoms with van der Waals surface area (Å²) in [6, 6.07) is 14.0. The number of amides is 1. The third-order valence-electron chi connectivity index (χ3n) is 4.44. The van der Waals surface area contributed by atoms with Gasteiger partial charge in [0.2, 0.25) is 0 Å². The Kier molecular flexibility index (Phi) is 7.02. The zero-order valence-corrected chi connectivity index (χ0v) is 17.0. The van der Waals surface area contributed by atoms with Crippen LogP contribution in [0.3, 0.4) is 0 Å². The van der Waals surface area contributed by atoms with E-state index in [1.807, 2.05) is 38.1 Å². The van der Waals surface area contributed by atoms with Crippen molar-refractivity contribution in [3.8, 4) is 5.75 Å². The van der Waals surface area contributed by atoms with Gasteiger partial charge in [0.15, 0.2) is 15.9 Å². The molecule has 0 bridgehead atoms. The zero-order valence-electron chi connectivity index (χ0n) is 16.2. The topological polar surface area (TPSA) is 72.5 Å². The number of carbonyl (C=O) groups excluding carboxylic acids is 1. The summed E-state index contributed by atoms with van der Waals surface area (Å²) in [7, 11) is -3.23. The van der Waals surface area contributed by atoms with Gasteiger partial charge < -0.3 is 10.1 Å². The van der Waals surface area contributed by atoms with Gasteiger partial charge in [-0.25, -0.2) is 8.42 Å². The van der Waals surface area contributed by atoms with E-state index in [0.717, 1.165) is 12.0 Å². The van der Waals surface area contributed by atoms with Crippen LogP contribution in [0.1, 0.15) is 44.4 Å². The van der Waals surface area contributed by atoms with Gasteiger partial charge in [-0.3, -0.25) is 4.79 Å². The largest absolute Gasteiger partial charge is 0.481 e. The molecule has 5 nitrogen and oxygen atoms in total. The van der Waals surface area contributed by atoms with Crippen molar-refractivity contribution in [1.82, 2.24) is 5.32 Å². The SMILES string of the molecule is CCc1ccc(O[C@@H](CC)C(=O)N[C@@H](C)c2ccc(S(C)(=O)=O)cc2)cc1. The summed E-state index contributed by atoms with van der Waals surface area (Å²) in [5.74, 6) is 0.469. The first-order valence-corrected chi connectivity index (χ1v) is 11.0. The van der Waals surface area contributed by atoms with E-state index in [1.54, 1.807) is 24.3 Å². The molecule has 0 aromatic heterocycles. The molecule has 146 valence electrons. The van der Waals surface area contributed by atoms with Crippen molar-refractivity contribution in [2.45, 2.75) is 50.7 Å². The Morgan fingerprint density at radius 2 is 1.63 bits per heavy atom. The Morgan fingerprint density at radius 1 is 1.04 bits per heavy atom. The Labute approximate surface area is 161 Å². The van der Waals surface area contributed by atoms with Gasteiger partial charge in [-0.15, -0.1) is 0 Å². The summed E-state index contributed by atoms with van der Waals surface area (Å²) in [5.41, 5.74) is 2.05. The minimum atomic E-state index is -3.23. The summed E-state index contributed by atoms with van der Waals surface area (Å²) in [6.45, 7) is 5.84. The molecule has 1 amide bonds. The number of nitrogens with one attached hydrogen (secondary N) is 1. The van der Waals surface area contributed by atoms with Crippen LogP contribution in [0.2, 0.25) is 0 Å². The highest BCUT2D eigenvalue weighted by molar-refractivity contribution is 7.90. The second kappa shape index (κ2) is 9.04. The highest BCUT2D eigenvalue weighted by Crippen LogP contribution is 2.18. The molecular formula is C21H27NO4S. The standard InChI is InChI=1S/C21H27NO4S/c1-5-16-7-11-18(12-8-16)26-20(6-2)21(23)22-15(3)17-9-13-19(14-10-17)27(4,24)25/h7-15,20H,5-6H2,1-4H3,(H,22,23)/t15-,20-/m0/s1. The number of benzene rings is 2. The van der Waals surface area contributed by atoms with Crippen LogP contribution in [0.5, 0.6) is 5.75 Å². The highest BCUT2D eigenvalue weighted by Gasteiger charge is 2.21. The number of rotatable bonds is 8. The summed E-state index contributed by atoms with van der Waals surface area (Å²) < 4.78 is 28.9. The molecule has 2 atom stereocenters. The molecule has 2 aromatic carbocycles. The molecule has 2 rings (SSSR count). The Bertz CT molecular complexity index is 858. The molecule has 27 heavy (non-hydrogen) atoms. The van der Waals surface area contributed by atoms with Gasteiger partial charge in [0.1, 0.15) is 5.75 Å². The van der Waals surface area contributed by atoms with Crippen molar-refractivity contribution >= 4 is 15.7 Å². The van der Waals surface area contributed by atoms with E-state index in [-0.39, 0.29) is 16.8 Å². The first-order chi connectivity index (χ1) is 12.7. The van der Waals surface area contributed by atoms with E-state index in [4.69, 9.17) is 4.74 Å². The minimum absolute atomic E-state index is 0.197. The number of ether oxygens (including phenoxy) is 1. The van der Waals surface area contributed by atoms with Gasteiger partial charge in [-0.2, -0.15) is 0 Å². The summed E-state index contributed by atoms with van der Waals surface area (Å²) in [5, 5.41) is 2.93. The van der Waals surface area contributed by atoms with Gasteiger partial charge in [0.05, 0.1) is 10.9 Å². The lowest BCUT2D eigenvalue weighted by Crippen LogP contribution is -2.39. The van der Waals surface area contributed by atoms with Crippen LogP contribution in [0.4, 0.5) is 0 Å². The van der Waals surface area contributed by atoms with Gasteiger partial charge in [0, 0.05) is 6.26 Å². The third-order valence-corrected chi connectivity index (χ3v) is 5.57. The van der Waals surface area contributed by atoms with Crippen molar-refractivity contribution in [3.05, 3.63) is 59.7 Å². The summed E-state index contributed by atoms with van der Waals surface area (Å²) in [6.07, 6.45) is 2.08. The number of aryl methyl sites for hydroxylation is 1. The second-order valence-corrected chi connectivity index (χ2v) is 8.60. The lowest BCUT2D eigenvalue weighted by atomic mass is 10.1. The molecule has 0 fully saturated rings. The van der Waals surface area contributed by atoms with E-state index < -0.39 is 15.9 Å². The molecule has 2 aromatic rings. The molecular weight excluding hydrogens is 362 g/mol. The summed E-state index contributed by atoms with van der Waals surface area (Å²) in [4.78, 5) is 12.8. The van der Waals surface area contributed by atoms with Crippen LogP contribution < -0.4 is 10.1 Å². The van der Waals surface area contributed by atoms with E-state index >= 15 is 0 Å². The van der Waals surface area contributed by atoms with E-state index in [2.05, 4.69) is 12.2 Å². The van der Waals surface area contributed by atoms with Gasteiger partial charge in [-0.05, 0) is 55.2 Å². The van der Waals surface area contributed by atoms with Crippen molar-refractivity contribution in [3.63, 3.8) is 0 Å². The smallest absolute Gasteiger partial charge is 0.261 e. The molecule has 0 spiro atoms. The fourth-order valence-corrected chi connectivity index (χ4v) is 3.31. The lowest BCUT2D eigenvalue weighted by Gasteiger charge is -2.21. The predicted molar refractivity (Wildman–Crippen MR) is 107 cm³/mol. The average molecular weight is 390 g/mol. The normalized spacial score (nSPS) is 13.6. The molecule has 0 aliphatic carbocycles. The van der Waals surface area contributed by atoms with Crippen molar-refractivity contribution in [2.24, 2.45) is 0 Å². The maximum atomic E-state index is 12.6. The van der Waals surface area contributed by atoms with Gasteiger partial charge >= 0.3 is 0 Å². The third kappa shape index (κ3) is 5.82. The molecule has 0 aliphatic rings. The van der Waals surface area contributed by atoms with Crippen LogP contribution >= 0.6 is 0 Å². The molecule has 0 saturated carbocycles. The fraction of sp³-hybridized carbons (Fsp3) is 0.381. The van der Waals surface area contributed by atoms with Crippen LogP contribution in [0.25, 0.3) is 0 Å². The molecule has 0 radical (unpaired) electrons. The van der Waals surface area contributed by atoms with E-state index in [1.165, 1.54) is 11.8 Å². The monoisotopic (exact) mass is 389 g/mol. The molecule has 0 aliphatic heterocycles. The quantitative estimate of drug-likeness (QED) is 0.747.